The van der Waals surface area contributed by atoms with Crippen LogP contribution < -0.4 is 21.8 Å². The molecular weight excluding hydrogens is 626 g/mol. The smallest absolute Gasteiger partial charge is 0.407 e. The Morgan fingerprint density at radius 3 is 2.20 bits per heavy atom. The Morgan fingerprint density at radius 2 is 1.43 bits per heavy atom. The number of ether oxygens (including phenoxy) is 2. The van der Waals surface area contributed by atoms with Gasteiger partial charge in [0.25, 0.3) is 0 Å². The number of aromatic amines is 2. The van der Waals surface area contributed by atoms with Crippen LogP contribution in [0.1, 0.15) is 17.5 Å². The molecule has 2 amide bonds. The Kier molecular flexibility index (Phi) is 9.19. The molecule has 1 aliphatic carbocycles. The average Bonchev–Trinajstić information content (AvgIpc) is 3.78. The lowest BCUT2D eigenvalue weighted by molar-refractivity contribution is -0.111. The first-order valence-electron chi connectivity index (χ1n) is 14.3. The summed E-state index contributed by atoms with van der Waals surface area (Å²) in [5, 5.41) is 4.91. The minimum atomic E-state index is -0.646. The van der Waals surface area contributed by atoms with Crippen LogP contribution in [0, 0.1) is 0 Å². The van der Waals surface area contributed by atoms with Gasteiger partial charge in [-0.15, -0.1) is 0 Å². The Bertz CT molecular complexity index is 1990. The monoisotopic (exact) mass is 656 g/mol. The van der Waals surface area contributed by atoms with E-state index in [4.69, 9.17) is 0 Å². The van der Waals surface area contributed by atoms with Crippen LogP contribution in [0.2, 0.25) is 0 Å². The third-order valence-electron chi connectivity index (χ3n) is 7.48. The van der Waals surface area contributed by atoms with Crippen molar-refractivity contribution in [2.24, 2.45) is 0 Å². The van der Waals surface area contributed by atoms with Crippen molar-refractivity contribution in [2.75, 3.05) is 27.3 Å². The standard InChI is InChI=1S/C32H30N6O6P2/c1-43-31(41)33-10-9-27(39)45-30-36-24-8-5-18(14-25(24)37-30)17-3-6-22-20(11-17)13-21-12-19(4-7-23(21)22)26-15-34-29(38-26)46-28(40)16-35-32(42)44-2/h3-8,11-12,14-15,45-46H,9-10,13,16H2,1-2H3,(H,33,41)(H,34,38)(H,35,42)(H,36,37). The summed E-state index contributed by atoms with van der Waals surface area (Å²) in [7, 11) is 2.19. The molecule has 2 heterocycles. The average molecular weight is 657 g/mol. The van der Waals surface area contributed by atoms with Crippen molar-refractivity contribution < 1.29 is 28.7 Å². The summed E-state index contributed by atoms with van der Waals surface area (Å²) in [6.45, 7) is 0.106. The van der Waals surface area contributed by atoms with Crippen molar-refractivity contribution in [3.63, 3.8) is 0 Å². The number of H-pyrrole nitrogens is 2. The van der Waals surface area contributed by atoms with Crippen LogP contribution in [0.4, 0.5) is 9.59 Å². The minimum absolute atomic E-state index is 0.00881. The third-order valence-corrected chi connectivity index (χ3v) is 9.43. The molecule has 6 rings (SSSR count). The number of carbonyl (C=O) groups excluding carboxylic acids is 4. The number of fused-ring (bicyclic) bond motifs is 4. The summed E-state index contributed by atoms with van der Waals surface area (Å²) in [5.41, 5.74) is 11.4. The van der Waals surface area contributed by atoms with Gasteiger partial charge in [0.1, 0.15) is 11.1 Å². The molecule has 3 aromatic carbocycles. The summed E-state index contributed by atoms with van der Waals surface area (Å²) in [6.07, 6.45) is 1.51. The first-order valence-corrected chi connectivity index (χ1v) is 16.3. The molecule has 0 spiro atoms. The van der Waals surface area contributed by atoms with Crippen molar-refractivity contribution in [1.82, 2.24) is 30.6 Å². The molecular formula is C32H30N6O6P2. The van der Waals surface area contributed by atoms with Crippen LogP contribution in [0.15, 0.2) is 60.8 Å². The molecule has 2 atom stereocenters. The van der Waals surface area contributed by atoms with Crippen molar-refractivity contribution in [3.8, 4) is 33.5 Å². The molecule has 12 nitrogen and oxygen atoms in total. The highest BCUT2D eigenvalue weighted by atomic mass is 31.1. The van der Waals surface area contributed by atoms with Gasteiger partial charge >= 0.3 is 12.2 Å². The van der Waals surface area contributed by atoms with Gasteiger partial charge in [0, 0.05) is 30.1 Å². The highest BCUT2D eigenvalue weighted by Gasteiger charge is 2.21. The highest BCUT2D eigenvalue weighted by Crippen LogP contribution is 2.40. The van der Waals surface area contributed by atoms with Crippen molar-refractivity contribution in [1.29, 1.82) is 0 Å². The van der Waals surface area contributed by atoms with E-state index in [0.29, 0.717) is 11.1 Å². The number of alkyl carbamates (subject to hydrolysis) is 2. The molecule has 46 heavy (non-hydrogen) atoms. The zero-order valence-corrected chi connectivity index (χ0v) is 26.9. The van der Waals surface area contributed by atoms with Gasteiger partial charge in [-0.05, 0) is 63.6 Å². The fourth-order valence-corrected chi connectivity index (χ4v) is 6.94. The van der Waals surface area contributed by atoms with Crippen LogP contribution in [-0.4, -0.2) is 70.5 Å². The fourth-order valence-electron chi connectivity index (χ4n) is 5.28. The van der Waals surface area contributed by atoms with E-state index >= 15 is 0 Å². The lowest BCUT2D eigenvalue weighted by Gasteiger charge is -2.06. The number of nitrogens with zero attached hydrogens (tertiary/aromatic N) is 2. The Hall–Kier alpha value is -4.92. The second kappa shape index (κ2) is 13.6. The number of imidazole rings is 2. The molecule has 4 N–H and O–H groups in total. The first kappa shape index (κ1) is 31.1. The summed E-state index contributed by atoms with van der Waals surface area (Å²) < 4.78 is 9.02. The van der Waals surface area contributed by atoms with E-state index in [1.165, 1.54) is 36.5 Å². The molecule has 2 unspecified atom stereocenters. The number of carbonyl (C=O) groups is 4. The highest BCUT2D eigenvalue weighted by molar-refractivity contribution is 7.65. The molecule has 0 bridgehead atoms. The summed E-state index contributed by atoms with van der Waals surface area (Å²) >= 11 is 0. The number of rotatable bonds is 11. The lowest BCUT2D eigenvalue weighted by Crippen LogP contribution is -2.28. The van der Waals surface area contributed by atoms with E-state index in [0.717, 1.165) is 39.8 Å². The number of aromatic nitrogens is 4. The topological polar surface area (TPSA) is 168 Å². The molecule has 0 saturated carbocycles. The molecule has 14 heteroatoms. The molecule has 0 aliphatic heterocycles. The number of benzene rings is 3. The van der Waals surface area contributed by atoms with Gasteiger partial charge in [-0.3, -0.25) is 9.59 Å². The van der Waals surface area contributed by atoms with Gasteiger partial charge in [-0.1, -0.05) is 36.4 Å². The van der Waals surface area contributed by atoms with Crippen LogP contribution in [0.3, 0.4) is 0 Å². The van der Waals surface area contributed by atoms with Crippen LogP contribution >= 0.6 is 17.2 Å². The van der Waals surface area contributed by atoms with Crippen molar-refractivity contribution in [3.05, 3.63) is 71.9 Å². The maximum absolute atomic E-state index is 12.4. The van der Waals surface area contributed by atoms with E-state index in [-0.39, 0.29) is 47.7 Å². The molecule has 0 fully saturated rings. The SMILES string of the molecule is COC(=O)NCCC(=O)Pc1nc2ccc(-c3ccc4c(c3)Cc3cc(-c5cnc(PC(=O)CNC(=O)OC)[nH]5)ccc3-4)cc2[nH]1. The van der Waals surface area contributed by atoms with Gasteiger partial charge in [0.05, 0.1) is 43.7 Å². The normalized spacial score (nSPS) is 12.0. The lowest BCUT2D eigenvalue weighted by atomic mass is 9.98. The number of methoxy groups -OCH3 is 2. The quantitative estimate of drug-likeness (QED) is 0.152. The maximum Gasteiger partial charge on any atom is 0.407 e. The van der Waals surface area contributed by atoms with Crippen molar-refractivity contribution in [2.45, 2.75) is 12.8 Å². The predicted molar refractivity (Wildman–Crippen MR) is 179 cm³/mol. The van der Waals surface area contributed by atoms with Crippen LogP contribution in [0.5, 0.6) is 0 Å². The maximum atomic E-state index is 12.4. The van der Waals surface area contributed by atoms with Crippen molar-refractivity contribution >= 4 is 62.6 Å². The van der Waals surface area contributed by atoms with Gasteiger partial charge in [-0.2, -0.15) is 0 Å². The number of hydrogen-bond acceptors (Lipinski definition) is 8. The first-order chi connectivity index (χ1) is 22.3. The second-order valence-corrected chi connectivity index (χ2v) is 13.1. The minimum Gasteiger partial charge on any atom is -0.453 e. The zero-order chi connectivity index (χ0) is 32.2. The van der Waals surface area contributed by atoms with Gasteiger partial charge in [-0.25, -0.2) is 19.6 Å². The van der Waals surface area contributed by atoms with E-state index in [1.807, 2.05) is 24.3 Å². The van der Waals surface area contributed by atoms with E-state index in [9.17, 15) is 19.2 Å². The van der Waals surface area contributed by atoms with Crippen LogP contribution in [-0.2, 0) is 25.5 Å². The second-order valence-electron chi connectivity index (χ2n) is 10.5. The molecule has 2 aromatic heterocycles. The number of nitrogens with one attached hydrogen (secondary N) is 4. The molecule has 0 saturated heterocycles. The summed E-state index contributed by atoms with van der Waals surface area (Å²) in [5.74, 6) is 0. The number of hydrogen-bond donors (Lipinski definition) is 4. The molecule has 1 aliphatic rings. The fraction of sp³-hybridized carbons (Fsp3) is 0.188. The molecule has 0 radical (unpaired) electrons. The Balaban J connectivity index is 1.12. The third kappa shape index (κ3) is 6.98. The van der Waals surface area contributed by atoms with Gasteiger partial charge in [0.2, 0.25) is 0 Å². The largest absolute Gasteiger partial charge is 0.453 e. The van der Waals surface area contributed by atoms with E-state index < -0.39 is 12.2 Å². The number of amides is 2. The van der Waals surface area contributed by atoms with Gasteiger partial charge < -0.3 is 30.1 Å². The summed E-state index contributed by atoms with van der Waals surface area (Å²) in [6, 6.07) is 18.9. The Labute approximate surface area is 267 Å². The molecule has 234 valence electrons. The van der Waals surface area contributed by atoms with Crippen LogP contribution in [0.25, 0.3) is 44.5 Å². The van der Waals surface area contributed by atoms with E-state index in [2.05, 4.69) is 70.4 Å². The zero-order valence-electron chi connectivity index (χ0n) is 24.9. The van der Waals surface area contributed by atoms with Gasteiger partial charge in [0.15, 0.2) is 11.0 Å². The predicted octanol–water partition coefficient (Wildman–Crippen LogP) is 3.95. The van der Waals surface area contributed by atoms with E-state index in [1.54, 1.807) is 6.20 Å². The Morgan fingerprint density at radius 1 is 0.783 bits per heavy atom. The summed E-state index contributed by atoms with van der Waals surface area (Å²) in [4.78, 5) is 62.4. The molecule has 5 aromatic rings.